The standard InChI is InChI=1S/C19H19N3OS2/c1-11-6-4-7-14(10-11)22-18-16(12(2)21-22)17(15-8-5-9-24-15)25-13(3)19(23)20-18/h4-10,13,17H,1-3H3,(H,20,23). The van der Waals surface area contributed by atoms with Crippen LogP contribution in [0, 0.1) is 13.8 Å². The van der Waals surface area contributed by atoms with E-state index in [4.69, 9.17) is 5.10 Å². The van der Waals surface area contributed by atoms with Gasteiger partial charge in [-0.2, -0.15) is 5.10 Å². The quantitative estimate of drug-likeness (QED) is 0.711. The number of benzene rings is 1. The van der Waals surface area contributed by atoms with Gasteiger partial charge in [-0.3, -0.25) is 4.79 Å². The highest BCUT2D eigenvalue weighted by molar-refractivity contribution is 8.01. The number of aryl methyl sites for hydroxylation is 2. The summed E-state index contributed by atoms with van der Waals surface area (Å²) < 4.78 is 1.87. The van der Waals surface area contributed by atoms with Crippen LogP contribution < -0.4 is 5.32 Å². The summed E-state index contributed by atoms with van der Waals surface area (Å²) in [6.07, 6.45) is 0. The van der Waals surface area contributed by atoms with Crippen LogP contribution in [0.15, 0.2) is 41.8 Å². The Bertz CT molecular complexity index is 930. The third-order valence-corrected chi connectivity index (χ3v) is 6.84. The topological polar surface area (TPSA) is 46.9 Å². The monoisotopic (exact) mass is 369 g/mol. The van der Waals surface area contributed by atoms with Gasteiger partial charge in [0.25, 0.3) is 0 Å². The summed E-state index contributed by atoms with van der Waals surface area (Å²) in [5.74, 6) is 0.822. The minimum atomic E-state index is -0.121. The molecule has 2 unspecified atom stereocenters. The van der Waals surface area contributed by atoms with E-state index in [0.717, 1.165) is 28.3 Å². The highest BCUT2D eigenvalue weighted by atomic mass is 32.2. The number of hydrogen-bond acceptors (Lipinski definition) is 4. The second kappa shape index (κ2) is 6.35. The van der Waals surface area contributed by atoms with Gasteiger partial charge in [-0.1, -0.05) is 18.2 Å². The predicted molar refractivity (Wildman–Crippen MR) is 105 cm³/mol. The Balaban J connectivity index is 1.92. The van der Waals surface area contributed by atoms with E-state index in [0.29, 0.717) is 0 Å². The minimum Gasteiger partial charge on any atom is -0.309 e. The number of carbonyl (C=O) groups excluding carboxylic acids is 1. The zero-order chi connectivity index (χ0) is 17.6. The molecule has 0 fully saturated rings. The number of rotatable bonds is 2. The number of carbonyl (C=O) groups is 1. The van der Waals surface area contributed by atoms with Crippen LogP contribution in [0.4, 0.5) is 5.82 Å². The van der Waals surface area contributed by atoms with Crippen molar-refractivity contribution < 1.29 is 4.79 Å². The maximum atomic E-state index is 12.6. The fourth-order valence-electron chi connectivity index (χ4n) is 3.12. The van der Waals surface area contributed by atoms with Gasteiger partial charge < -0.3 is 5.32 Å². The third-order valence-electron chi connectivity index (χ3n) is 4.37. The van der Waals surface area contributed by atoms with Crippen molar-refractivity contribution in [3.05, 3.63) is 63.5 Å². The number of fused-ring (bicyclic) bond motifs is 1. The molecule has 3 heterocycles. The van der Waals surface area contributed by atoms with E-state index in [-0.39, 0.29) is 16.4 Å². The number of nitrogens with one attached hydrogen (secondary N) is 1. The summed E-state index contributed by atoms with van der Waals surface area (Å²) in [4.78, 5) is 13.8. The van der Waals surface area contributed by atoms with Crippen LogP contribution in [-0.2, 0) is 4.79 Å². The summed E-state index contributed by atoms with van der Waals surface area (Å²) in [6.45, 7) is 6.05. The predicted octanol–water partition coefficient (Wildman–Crippen LogP) is 4.71. The Labute approximate surface area is 155 Å². The lowest BCUT2D eigenvalue weighted by atomic mass is 10.1. The molecule has 0 spiro atoms. The molecule has 6 heteroatoms. The largest absolute Gasteiger partial charge is 0.309 e. The molecule has 1 N–H and O–H groups in total. The van der Waals surface area contributed by atoms with Crippen LogP contribution in [0.5, 0.6) is 0 Å². The van der Waals surface area contributed by atoms with Gasteiger partial charge in [0, 0.05) is 10.4 Å². The maximum absolute atomic E-state index is 12.6. The molecule has 4 rings (SSSR count). The van der Waals surface area contributed by atoms with Crippen molar-refractivity contribution in [2.75, 3.05) is 5.32 Å². The fourth-order valence-corrected chi connectivity index (χ4v) is 5.39. The third kappa shape index (κ3) is 2.89. The van der Waals surface area contributed by atoms with Crippen LogP contribution in [-0.4, -0.2) is 20.9 Å². The molecule has 2 aromatic heterocycles. The molecule has 0 saturated heterocycles. The SMILES string of the molecule is Cc1cccc(-n2nc(C)c3c2NC(=O)C(C)SC3c2cccs2)c1. The summed E-state index contributed by atoms with van der Waals surface area (Å²) in [5.41, 5.74) is 4.19. The molecule has 1 aromatic carbocycles. The van der Waals surface area contributed by atoms with Crippen molar-refractivity contribution in [2.24, 2.45) is 0 Å². The Kier molecular flexibility index (Phi) is 4.17. The van der Waals surface area contributed by atoms with Gasteiger partial charge in [0.2, 0.25) is 5.91 Å². The smallest absolute Gasteiger partial charge is 0.238 e. The van der Waals surface area contributed by atoms with Crippen LogP contribution in [0.2, 0.25) is 0 Å². The Hall–Kier alpha value is -2.05. The summed E-state index contributed by atoms with van der Waals surface area (Å²) in [7, 11) is 0. The molecular formula is C19H19N3OS2. The van der Waals surface area contributed by atoms with Gasteiger partial charge in [0.05, 0.1) is 21.9 Å². The molecule has 0 saturated carbocycles. The van der Waals surface area contributed by atoms with Crippen molar-refractivity contribution in [3.63, 3.8) is 0 Å². The fraction of sp³-hybridized carbons (Fsp3) is 0.263. The summed E-state index contributed by atoms with van der Waals surface area (Å²) in [6, 6.07) is 12.4. The van der Waals surface area contributed by atoms with E-state index in [2.05, 4.69) is 41.9 Å². The second-order valence-electron chi connectivity index (χ2n) is 6.26. The number of thioether (sulfide) groups is 1. The summed E-state index contributed by atoms with van der Waals surface area (Å²) in [5, 5.41) is 9.95. The molecule has 1 aliphatic rings. The van der Waals surface area contributed by atoms with Crippen molar-refractivity contribution >= 4 is 34.8 Å². The van der Waals surface area contributed by atoms with Crippen LogP contribution in [0.1, 0.15) is 33.9 Å². The molecule has 4 nitrogen and oxygen atoms in total. The molecule has 1 amide bonds. The first-order valence-electron chi connectivity index (χ1n) is 8.21. The second-order valence-corrected chi connectivity index (χ2v) is 8.69. The minimum absolute atomic E-state index is 0.0270. The lowest BCUT2D eigenvalue weighted by Gasteiger charge is -2.15. The lowest BCUT2D eigenvalue weighted by Crippen LogP contribution is -2.22. The zero-order valence-electron chi connectivity index (χ0n) is 14.3. The van der Waals surface area contributed by atoms with Crippen molar-refractivity contribution in [1.29, 1.82) is 0 Å². The van der Waals surface area contributed by atoms with Crippen molar-refractivity contribution in [3.8, 4) is 5.69 Å². The van der Waals surface area contributed by atoms with Crippen LogP contribution in [0.3, 0.4) is 0 Å². The van der Waals surface area contributed by atoms with Crippen molar-refractivity contribution in [1.82, 2.24) is 9.78 Å². The average Bonchev–Trinajstić information content (AvgIpc) is 3.19. The van der Waals surface area contributed by atoms with Gasteiger partial charge in [-0.05, 0) is 49.9 Å². The number of anilines is 1. The van der Waals surface area contributed by atoms with Gasteiger partial charge in [0.1, 0.15) is 5.82 Å². The number of amides is 1. The first-order valence-corrected chi connectivity index (χ1v) is 10.0. The number of thiophene rings is 1. The normalized spacial score (nSPS) is 20.0. The molecule has 0 aliphatic carbocycles. The van der Waals surface area contributed by atoms with Crippen LogP contribution in [0.25, 0.3) is 5.69 Å². The van der Waals surface area contributed by atoms with Gasteiger partial charge in [-0.15, -0.1) is 23.1 Å². The number of hydrogen-bond donors (Lipinski definition) is 1. The average molecular weight is 370 g/mol. The lowest BCUT2D eigenvalue weighted by molar-refractivity contribution is -0.115. The van der Waals surface area contributed by atoms with Gasteiger partial charge in [-0.25, -0.2) is 4.68 Å². The molecule has 2 atom stereocenters. The molecule has 128 valence electrons. The van der Waals surface area contributed by atoms with E-state index in [1.807, 2.05) is 30.7 Å². The van der Waals surface area contributed by atoms with Gasteiger partial charge >= 0.3 is 0 Å². The molecule has 0 radical (unpaired) electrons. The summed E-state index contributed by atoms with van der Waals surface area (Å²) >= 11 is 3.41. The molecular weight excluding hydrogens is 350 g/mol. The Morgan fingerprint density at radius 3 is 2.76 bits per heavy atom. The Morgan fingerprint density at radius 2 is 2.04 bits per heavy atom. The number of nitrogens with zero attached hydrogens (tertiary/aromatic N) is 2. The highest BCUT2D eigenvalue weighted by Crippen LogP contribution is 2.47. The molecule has 0 bridgehead atoms. The highest BCUT2D eigenvalue weighted by Gasteiger charge is 2.34. The number of aromatic nitrogens is 2. The zero-order valence-corrected chi connectivity index (χ0v) is 15.9. The molecule has 25 heavy (non-hydrogen) atoms. The maximum Gasteiger partial charge on any atom is 0.238 e. The van der Waals surface area contributed by atoms with E-state index in [1.54, 1.807) is 23.1 Å². The molecule has 1 aliphatic heterocycles. The van der Waals surface area contributed by atoms with E-state index in [9.17, 15) is 4.79 Å². The molecule has 3 aromatic rings. The first kappa shape index (κ1) is 16.4. The van der Waals surface area contributed by atoms with Crippen molar-refractivity contribution in [2.45, 2.75) is 31.3 Å². The van der Waals surface area contributed by atoms with E-state index < -0.39 is 0 Å². The van der Waals surface area contributed by atoms with Gasteiger partial charge in [0.15, 0.2) is 0 Å². The van der Waals surface area contributed by atoms with Crippen LogP contribution >= 0.6 is 23.1 Å². The van der Waals surface area contributed by atoms with E-state index >= 15 is 0 Å². The van der Waals surface area contributed by atoms with E-state index in [1.165, 1.54) is 4.88 Å². The first-order chi connectivity index (χ1) is 12.0. The Morgan fingerprint density at radius 1 is 1.20 bits per heavy atom.